The first-order valence-corrected chi connectivity index (χ1v) is 7.37. The molecule has 2 aliphatic rings. The normalized spacial score (nSPS) is 21.8. The number of urea groups is 1. The lowest BCUT2D eigenvalue weighted by molar-refractivity contribution is -0.134. The van der Waals surface area contributed by atoms with E-state index in [1.165, 1.54) is 4.90 Å². The van der Waals surface area contributed by atoms with Crippen molar-refractivity contribution in [3.05, 3.63) is 12.2 Å². The summed E-state index contributed by atoms with van der Waals surface area (Å²) in [6.07, 6.45) is 1.08. The van der Waals surface area contributed by atoms with E-state index in [-0.39, 0.29) is 24.0 Å². The largest absolute Gasteiger partial charge is 0.381 e. The molecule has 0 aromatic carbocycles. The van der Waals surface area contributed by atoms with Crippen molar-refractivity contribution in [1.29, 1.82) is 0 Å². The van der Waals surface area contributed by atoms with Crippen molar-refractivity contribution in [2.75, 3.05) is 26.3 Å². The van der Waals surface area contributed by atoms with Gasteiger partial charge in [-0.2, -0.15) is 0 Å². The summed E-state index contributed by atoms with van der Waals surface area (Å²) in [5.74, 6) is -0.146. The van der Waals surface area contributed by atoms with E-state index >= 15 is 0 Å². The number of nitrogens with one attached hydrogen (secondary N) is 2. The van der Waals surface area contributed by atoms with Gasteiger partial charge in [0.05, 0.1) is 6.54 Å². The highest BCUT2D eigenvalue weighted by atomic mass is 16.5. The Kier molecular flexibility index (Phi) is 4.39. The first-order valence-electron chi connectivity index (χ1n) is 7.37. The van der Waals surface area contributed by atoms with Gasteiger partial charge in [-0.15, -0.1) is 0 Å². The number of carbonyl (C=O) groups is 2. The smallest absolute Gasteiger partial charge is 0.325 e. The lowest BCUT2D eigenvalue weighted by atomic mass is 9.90. The minimum Gasteiger partial charge on any atom is -0.381 e. The van der Waals surface area contributed by atoms with Crippen molar-refractivity contribution in [3.8, 4) is 0 Å². The third-order valence-corrected chi connectivity index (χ3v) is 3.84. The Morgan fingerprint density at radius 1 is 1.38 bits per heavy atom. The van der Waals surface area contributed by atoms with Gasteiger partial charge in [-0.1, -0.05) is 6.58 Å². The molecule has 2 saturated heterocycles. The van der Waals surface area contributed by atoms with Crippen molar-refractivity contribution in [2.24, 2.45) is 0 Å². The number of rotatable bonds is 4. The molecule has 2 fully saturated rings. The van der Waals surface area contributed by atoms with Crippen LogP contribution >= 0.6 is 0 Å². The quantitative estimate of drug-likeness (QED) is 0.600. The summed E-state index contributed by atoms with van der Waals surface area (Å²) < 4.78 is 5.28. The molecule has 0 saturated carbocycles. The lowest BCUT2D eigenvalue weighted by Gasteiger charge is -2.30. The van der Waals surface area contributed by atoms with E-state index in [2.05, 4.69) is 38.0 Å². The SMILES string of the molecule is C=C(CNC(C)(C)C)CN1C(=O)NC2(CCOCC2)C1=O. The van der Waals surface area contributed by atoms with Crippen LogP contribution in [0, 0.1) is 0 Å². The number of amides is 3. The fourth-order valence-electron chi connectivity index (χ4n) is 2.55. The average molecular weight is 295 g/mol. The van der Waals surface area contributed by atoms with Crippen LogP contribution in [0.4, 0.5) is 4.79 Å². The summed E-state index contributed by atoms with van der Waals surface area (Å²) in [7, 11) is 0. The van der Waals surface area contributed by atoms with Gasteiger partial charge in [0.25, 0.3) is 5.91 Å². The van der Waals surface area contributed by atoms with Gasteiger partial charge in [-0.3, -0.25) is 9.69 Å². The first-order chi connectivity index (χ1) is 9.73. The summed E-state index contributed by atoms with van der Waals surface area (Å²) >= 11 is 0. The van der Waals surface area contributed by atoms with Crippen LogP contribution in [-0.2, 0) is 9.53 Å². The van der Waals surface area contributed by atoms with Crippen LogP contribution in [0.1, 0.15) is 33.6 Å². The van der Waals surface area contributed by atoms with Crippen LogP contribution < -0.4 is 10.6 Å². The third-order valence-electron chi connectivity index (χ3n) is 3.84. The van der Waals surface area contributed by atoms with E-state index < -0.39 is 5.54 Å². The van der Waals surface area contributed by atoms with Crippen molar-refractivity contribution in [1.82, 2.24) is 15.5 Å². The number of hydrogen-bond donors (Lipinski definition) is 2. The van der Waals surface area contributed by atoms with Crippen molar-refractivity contribution < 1.29 is 14.3 Å². The van der Waals surface area contributed by atoms with E-state index in [0.717, 1.165) is 5.57 Å². The highest BCUT2D eigenvalue weighted by Gasteiger charge is 2.51. The standard InChI is InChI=1S/C15H25N3O3/c1-11(9-16-14(2,3)4)10-18-12(19)15(17-13(18)20)5-7-21-8-6-15/h16H,1,5-10H2,2-4H3,(H,17,20). The first kappa shape index (κ1) is 16.0. The number of carbonyl (C=O) groups excluding carboxylic acids is 2. The molecule has 1 spiro atoms. The second-order valence-electron chi connectivity index (χ2n) is 6.87. The lowest BCUT2D eigenvalue weighted by Crippen LogP contribution is -2.51. The van der Waals surface area contributed by atoms with Crippen molar-refractivity contribution >= 4 is 11.9 Å². The molecule has 0 aromatic heterocycles. The van der Waals surface area contributed by atoms with Gasteiger partial charge in [0.15, 0.2) is 0 Å². The maximum absolute atomic E-state index is 12.6. The molecule has 2 aliphatic heterocycles. The molecule has 21 heavy (non-hydrogen) atoms. The summed E-state index contributed by atoms with van der Waals surface area (Å²) in [6.45, 7) is 12.0. The van der Waals surface area contributed by atoms with Crippen molar-refractivity contribution in [2.45, 2.75) is 44.7 Å². The zero-order valence-corrected chi connectivity index (χ0v) is 13.1. The molecule has 0 atom stereocenters. The molecule has 6 heteroatoms. The summed E-state index contributed by atoms with van der Waals surface area (Å²) in [4.78, 5) is 25.9. The average Bonchev–Trinajstić information content (AvgIpc) is 2.61. The topological polar surface area (TPSA) is 70.7 Å². The second-order valence-corrected chi connectivity index (χ2v) is 6.87. The maximum Gasteiger partial charge on any atom is 0.325 e. The molecule has 0 aliphatic carbocycles. The summed E-state index contributed by atoms with van der Waals surface area (Å²) in [5.41, 5.74) is 0.0346. The van der Waals surface area contributed by atoms with Crippen LogP contribution in [0.25, 0.3) is 0 Å². The number of ether oxygens (including phenoxy) is 1. The van der Waals surface area contributed by atoms with Gasteiger partial charge in [-0.05, 0) is 26.3 Å². The van der Waals surface area contributed by atoms with Crippen LogP contribution in [0.15, 0.2) is 12.2 Å². The van der Waals surface area contributed by atoms with E-state index in [1.807, 2.05) is 0 Å². The van der Waals surface area contributed by atoms with Gasteiger partial charge in [0.1, 0.15) is 5.54 Å². The van der Waals surface area contributed by atoms with Crippen LogP contribution in [-0.4, -0.2) is 54.2 Å². The van der Waals surface area contributed by atoms with Gasteiger partial charge < -0.3 is 15.4 Å². The van der Waals surface area contributed by atoms with Crippen LogP contribution in [0.3, 0.4) is 0 Å². The molecule has 3 amide bonds. The number of nitrogens with zero attached hydrogens (tertiary/aromatic N) is 1. The highest BCUT2D eigenvalue weighted by molar-refractivity contribution is 6.07. The molecule has 0 radical (unpaired) electrons. The third kappa shape index (κ3) is 3.63. The van der Waals surface area contributed by atoms with E-state index in [4.69, 9.17) is 4.74 Å². The van der Waals surface area contributed by atoms with E-state index in [9.17, 15) is 9.59 Å². The monoisotopic (exact) mass is 295 g/mol. The van der Waals surface area contributed by atoms with E-state index in [0.29, 0.717) is 32.6 Å². The molecule has 2 rings (SSSR count). The Bertz CT molecular complexity index is 448. The Hall–Kier alpha value is -1.40. The minimum atomic E-state index is -0.757. The van der Waals surface area contributed by atoms with Crippen LogP contribution in [0.5, 0.6) is 0 Å². The molecule has 118 valence electrons. The molecule has 0 unspecified atom stereocenters. The minimum absolute atomic E-state index is 0.0256. The summed E-state index contributed by atoms with van der Waals surface area (Å²) in [6, 6.07) is -0.321. The molecular formula is C15H25N3O3. The Morgan fingerprint density at radius 2 is 2.00 bits per heavy atom. The number of hydrogen-bond acceptors (Lipinski definition) is 4. The Labute approximate surface area is 125 Å². The fourth-order valence-corrected chi connectivity index (χ4v) is 2.55. The Balaban J connectivity index is 1.96. The fraction of sp³-hybridized carbons (Fsp3) is 0.733. The molecule has 0 aromatic rings. The predicted octanol–water partition coefficient (Wildman–Crippen LogP) is 1.03. The van der Waals surface area contributed by atoms with E-state index in [1.54, 1.807) is 0 Å². The van der Waals surface area contributed by atoms with Gasteiger partial charge in [0, 0.05) is 38.1 Å². The maximum atomic E-state index is 12.6. The molecular weight excluding hydrogens is 270 g/mol. The second kappa shape index (κ2) is 5.77. The van der Waals surface area contributed by atoms with Crippen LogP contribution in [0.2, 0.25) is 0 Å². The van der Waals surface area contributed by atoms with Gasteiger partial charge >= 0.3 is 6.03 Å². The molecule has 6 nitrogen and oxygen atoms in total. The van der Waals surface area contributed by atoms with Gasteiger partial charge in [0.2, 0.25) is 0 Å². The highest BCUT2D eigenvalue weighted by Crippen LogP contribution is 2.28. The predicted molar refractivity (Wildman–Crippen MR) is 79.9 cm³/mol. The van der Waals surface area contributed by atoms with Crippen molar-refractivity contribution in [3.63, 3.8) is 0 Å². The molecule has 0 bridgehead atoms. The zero-order valence-electron chi connectivity index (χ0n) is 13.1. The summed E-state index contributed by atoms with van der Waals surface area (Å²) in [5, 5.41) is 6.15. The van der Waals surface area contributed by atoms with Gasteiger partial charge in [-0.25, -0.2) is 4.79 Å². The Morgan fingerprint density at radius 3 is 2.57 bits per heavy atom. The molecule has 2 heterocycles. The molecule has 2 N–H and O–H groups in total. The zero-order chi connectivity index (χ0) is 15.7. The number of imide groups is 1.